The van der Waals surface area contributed by atoms with Gasteiger partial charge in [-0.15, -0.1) is 0 Å². The van der Waals surface area contributed by atoms with Crippen LogP contribution >= 0.6 is 11.6 Å². The van der Waals surface area contributed by atoms with Crippen LogP contribution in [0.4, 0.5) is 9.18 Å². The minimum Gasteiger partial charge on any atom is -0.370 e. The molecule has 1 atom stereocenters. The lowest BCUT2D eigenvalue weighted by Gasteiger charge is -2.29. The van der Waals surface area contributed by atoms with Gasteiger partial charge in [-0.1, -0.05) is 24.6 Å². The molecule has 2 aromatic rings. The summed E-state index contributed by atoms with van der Waals surface area (Å²) >= 11 is 6.05. The van der Waals surface area contributed by atoms with Gasteiger partial charge in [0.25, 0.3) is 0 Å². The quantitative estimate of drug-likeness (QED) is 0.791. The fourth-order valence-corrected chi connectivity index (χ4v) is 3.48. The van der Waals surface area contributed by atoms with Gasteiger partial charge in [0.05, 0.1) is 25.5 Å². The van der Waals surface area contributed by atoms with Crippen LogP contribution in [0.15, 0.2) is 18.2 Å². The van der Waals surface area contributed by atoms with Gasteiger partial charge in [0, 0.05) is 42.3 Å². The molecule has 0 saturated carbocycles. The first-order valence-electron chi connectivity index (χ1n) is 9.49. The Morgan fingerprint density at radius 2 is 2.21 bits per heavy atom. The molecule has 28 heavy (non-hydrogen) atoms. The molecule has 0 radical (unpaired) electrons. The highest BCUT2D eigenvalue weighted by atomic mass is 35.5. The van der Waals surface area contributed by atoms with Gasteiger partial charge in [0.2, 0.25) is 0 Å². The number of ether oxygens (including phenoxy) is 1. The fraction of sp³-hybridized carbons (Fsp3) is 0.500. The van der Waals surface area contributed by atoms with E-state index in [1.54, 1.807) is 6.07 Å². The second-order valence-electron chi connectivity index (χ2n) is 7.15. The Hall–Kier alpha value is -2.12. The molecule has 1 N–H and O–H groups in total. The summed E-state index contributed by atoms with van der Waals surface area (Å²) in [6.07, 6.45) is 1.65. The predicted molar refractivity (Wildman–Crippen MR) is 106 cm³/mol. The van der Waals surface area contributed by atoms with Crippen molar-refractivity contribution < 1.29 is 13.9 Å². The molecule has 0 bridgehead atoms. The van der Waals surface area contributed by atoms with Crippen molar-refractivity contribution in [1.29, 1.82) is 0 Å². The first-order chi connectivity index (χ1) is 13.4. The molecule has 0 aliphatic carbocycles. The molecule has 1 aliphatic heterocycles. The summed E-state index contributed by atoms with van der Waals surface area (Å²) < 4.78 is 20.8. The van der Waals surface area contributed by atoms with Crippen LogP contribution in [0.2, 0.25) is 5.02 Å². The summed E-state index contributed by atoms with van der Waals surface area (Å²) in [6, 6.07) is 4.35. The zero-order chi connectivity index (χ0) is 20.3. The van der Waals surface area contributed by atoms with Crippen LogP contribution in [0.1, 0.15) is 42.8 Å². The number of hydrogen-bond acceptors (Lipinski definition) is 3. The molecule has 0 unspecified atom stereocenters. The normalized spacial score (nSPS) is 14.7. The number of nitrogens with one attached hydrogen (secondary N) is 1. The van der Waals surface area contributed by atoms with Crippen LogP contribution in [0, 0.1) is 5.82 Å². The van der Waals surface area contributed by atoms with Crippen LogP contribution in [-0.4, -0.2) is 33.3 Å². The lowest BCUT2D eigenvalue weighted by molar-refractivity contribution is 0.103. The first kappa shape index (κ1) is 20.6. The van der Waals surface area contributed by atoms with Crippen LogP contribution in [0.3, 0.4) is 0 Å². The fourth-order valence-electron chi connectivity index (χ4n) is 3.26. The number of benzene rings is 1. The molecule has 2 heterocycles. The van der Waals surface area contributed by atoms with E-state index in [-0.39, 0.29) is 24.5 Å². The number of carbonyl (C=O) groups is 1. The van der Waals surface area contributed by atoms with Crippen LogP contribution in [0.5, 0.6) is 0 Å². The van der Waals surface area contributed by atoms with E-state index in [0.29, 0.717) is 24.7 Å². The molecule has 8 heteroatoms. The SMILES string of the molecule is CC[C@@H](C)NC(=O)N1CCc2c(c(COCc3ccc(F)cc3Cl)nn2C)C1. The minimum atomic E-state index is -0.372. The minimum absolute atomic E-state index is 0.0474. The molecule has 1 aromatic heterocycles. The summed E-state index contributed by atoms with van der Waals surface area (Å²) in [6.45, 7) is 5.79. The van der Waals surface area contributed by atoms with Crippen molar-refractivity contribution in [2.75, 3.05) is 6.54 Å². The van der Waals surface area contributed by atoms with Crippen LogP contribution in [0.25, 0.3) is 0 Å². The molecular weight excluding hydrogens is 383 g/mol. The zero-order valence-electron chi connectivity index (χ0n) is 16.5. The van der Waals surface area contributed by atoms with E-state index < -0.39 is 0 Å². The van der Waals surface area contributed by atoms with Crippen molar-refractivity contribution in [3.8, 4) is 0 Å². The maximum Gasteiger partial charge on any atom is 0.317 e. The van der Waals surface area contributed by atoms with Gasteiger partial charge in [-0.05, 0) is 31.0 Å². The highest BCUT2D eigenvalue weighted by molar-refractivity contribution is 6.31. The summed E-state index contributed by atoms with van der Waals surface area (Å²) in [4.78, 5) is 14.3. The third-order valence-electron chi connectivity index (χ3n) is 5.11. The number of carbonyl (C=O) groups excluding carboxylic acids is 1. The Morgan fingerprint density at radius 3 is 2.93 bits per heavy atom. The number of urea groups is 1. The second kappa shape index (κ2) is 8.92. The Balaban J connectivity index is 1.65. The van der Waals surface area contributed by atoms with Crippen molar-refractivity contribution in [3.05, 3.63) is 51.6 Å². The van der Waals surface area contributed by atoms with E-state index in [9.17, 15) is 9.18 Å². The van der Waals surface area contributed by atoms with Crippen LogP contribution < -0.4 is 5.32 Å². The predicted octanol–water partition coefficient (Wildman–Crippen LogP) is 3.80. The lowest BCUT2D eigenvalue weighted by atomic mass is 10.1. The highest BCUT2D eigenvalue weighted by Gasteiger charge is 2.27. The molecule has 0 saturated heterocycles. The topological polar surface area (TPSA) is 59.4 Å². The Bertz CT molecular complexity index is 855. The summed E-state index contributed by atoms with van der Waals surface area (Å²) in [5.74, 6) is -0.372. The highest BCUT2D eigenvalue weighted by Crippen LogP contribution is 2.24. The number of rotatable bonds is 6. The summed E-state index contributed by atoms with van der Waals surface area (Å²) in [5.41, 5.74) is 3.71. The van der Waals surface area contributed by atoms with E-state index in [2.05, 4.69) is 10.4 Å². The molecule has 0 spiro atoms. The standard InChI is InChI=1S/C20H26ClFN4O2/c1-4-13(2)23-20(27)26-8-7-19-16(10-26)18(24-25(19)3)12-28-11-14-5-6-15(22)9-17(14)21/h5-6,9,13H,4,7-8,10-12H2,1-3H3,(H,23,27)/t13-/m1/s1. The summed E-state index contributed by atoms with van der Waals surface area (Å²) in [7, 11) is 1.91. The maximum absolute atomic E-state index is 13.2. The third-order valence-corrected chi connectivity index (χ3v) is 5.46. The number of halogens is 2. The summed E-state index contributed by atoms with van der Waals surface area (Å²) in [5, 5.41) is 7.93. The average molecular weight is 409 g/mol. The number of nitrogens with zero attached hydrogens (tertiary/aromatic N) is 3. The van der Waals surface area contributed by atoms with Crippen molar-refractivity contribution in [2.24, 2.45) is 7.05 Å². The number of amides is 2. The maximum atomic E-state index is 13.2. The number of aryl methyl sites for hydroxylation is 1. The zero-order valence-corrected chi connectivity index (χ0v) is 17.2. The number of hydrogen-bond donors (Lipinski definition) is 1. The van der Waals surface area contributed by atoms with Gasteiger partial charge in [-0.2, -0.15) is 5.10 Å². The van der Waals surface area contributed by atoms with Gasteiger partial charge in [-0.25, -0.2) is 9.18 Å². The van der Waals surface area contributed by atoms with E-state index >= 15 is 0 Å². The van der Waals surface area contributed by atoms with Gasteiger partial charge in [-0.3, -0.25) is 4.68 Å². The Labute approximate surface area is 169 Å². The van der Waals surface area contributed by atoms with Crippen molar-refractivity contribution in [2.45, 2.75) is 52.5 Å². The van der Waals surface area contributed by atoms with E-state index in [0.717, 1.165) is 35.4 Å². The monoisotopic (exact) mass is 408 g/mol. The molecule has 1 aromatic carbocycles. The molecular formula is C20H26ClFN4O2. The molecule has 152 valence electrons. The number of aromatic nitrogens is 2. The largest absolute Gasteiger partial charge is 0.370 e. The average Bonchev–Trinajstić information content (AvgIpc) is 2.98. The van der Waals surface area contributed by atoms with Gasteiger partial charge >= 0.3 is 6.03 Å². The van der Waals surface area contributed by atoms with Crippen molar-refractivity contribution >= 4 is 17.6 Å². The van der Waals surface area contributed by atoms with E-state index in [1.807, 2.05) is 30.5 Å². The van der Waals surface area contributed by atoms with E-state index in [4.69, 9.17) is 16.3 Å². The number of fused-ring (bicyclic) bond motifs is 1. The Kier molecular flexibility index (Phi) is 6.57. The molecule has 0 fully saturated rings. The first-order valence-corrected chi connectivity index (χ1v) is 9.87. The van der Waals surface area contributed by atoms with Crippen LogP contribution in [-0.2, 0) is 38.0 Å². The van der Waals surface area contributed by atoms with E-state index in [1.165, 1.54) is 12.1 Å². The third kappa shape index (κ3) is 4.64. The molecule has 1 aliphatic rings. The van der Waals surface area contributed by atoms with Gasteiger partial charge in [0.1, 0.15) is 5.82 Å². The Morgan fingerprint density at radius 1 is 1.43 bits per heavy atom. The molecule has 6 nitrogen and oxygen atoms in total. The molecule has 2 amide bonds. The lowest BCUT2D eigenvalue weighted by Crippen LogP contribution is -2.45. The molecule has 3 rings (SSSR count). The van der Waals surface area contributed by atoms with Gasteiger partial charge < -0.3 is 15.0 Å². The van der Waals surface area contributed by atoms with Gasteiger partial charge in [0.15, 0.2) is 0 Å². The smallest absolute Gasteiger partial charge is 0.317 e. The van der Waals surface area contributed by atoms with Crippen molar-refractivity contribution in [1.82, 2.24) is 20.0 Å². The van der Waals surface area contributed by atoms with Crippen molar-refractivity contribution in [3.63, 3.8) is 0 Å². The second-order valence-corrected chi connectivity index (χ2v) is 7.56.